The average Bonchev–Trinajstić information content (AvgIpc) is 3.03. The summed E-state index contributed by atoms with van der Waals surface area (Å²) in [6, 6.07) is 9.63. The first-order valence-electron chi connectivity index (χ1n) is 9.60. The number of ether oxygens (including phenoxy) is 1. The predicted molar refractivity (Wildman–Crippen MR) is 104 cm³/mol. The van der Waals surface area contributed by atoms with Crippen LogP contribution in [0.25, 0.3) is 0 Å². The second kappa shape index (κ2) is 8.67. The van der Waals surface area contributed by atoms with Crippen LogP contribution in [0, 0.1) is 0 Å². The summed E-state index contributed by atoms with van der Waals surface area (Å²) in [5.74, 6) is 0.0380. The van der Waals surface area contributed by atoms with Crippen LogP contribution in [0.4, 0.5) is 0 Å². The van der Waals surface area contributed by atoms with Crippen LogP contribution in [0.15, 0.2) is 42.7 Å². The molecule has 0 spiro atoms. The van der Waals surface area contributed by atoms with Gasteiger partial charge in [0.2, 0.25) is 0 Å². The van der Waals surface area contributed by atoms with Crippen molar-refractivity contribution >= 4 is 5.91 Å². The van der Waals surface area contributed by atoms with E-state index in [-0.39, 0.29) is 12.0 Å². The van der Waals surface area contributed by atoms with Gasteiger partial charge in [0.25, 0.3) is 5.91 Å². The zero-order chi connectivity index (χ0) is 19.3. The zero-order valence-corrected chi connectivity index (χ0v) is 16.2. The van der Waals surface area contributed by atoms with Gasteiger partial charge < -0.3 is 14.7 Å². The first-order chi connectivity index (χ1) is 12.9. The third kappa shape index (κ3) is 5.91. The highest BCUT2D eigenvalue weighted by atomic mass is 16.5. The van der Waals surface area contributed by atoms with Crippen LogP contribution in [0.1, 0.15) is 42.6 Å². The molecule has 0 bridgehead atoms. The fourth-order valence-electron chi connectivity index (χ4n) is 3.30. The summed E-state index contributed by atoms with van der Waals surface area (Å²) in [5.41, 5.74) is 1.06. The van der Waals surface area contributed by atoms with E-state index in [9.17, 15) is 9.90 Å². The number of rotatable bonds is 6. The van der Waals surface area contributed by atoms with Gasteiger partial charge in [0.1, 0.15) is 0 Å². The molecule has 0 radical (unpaired) electrons. The van der Waals surface area contributed by atoms with Crippen molar-refractivity contribution in [3.05, 3.63) is 53.9 Å². The van der Waals surface area contributed by atoms with Gasteiger partial charge >= 0.3 is 0 Å². The highest BCUT2D eigenvalue weighted by molar-refractivity contribution is 5.94. The minimum atomic E-state index is -0.706. The molecule has 146 valence electrons. The highest BCUT2D eigenvalue weighted by Gasteiger charge is 2.24. The van der Waals surface area contributed by atoms with Crippen LogP contribution in [0.2, 0.25) is 0 Å². The lowest BCUT2D eigenvalue weighted by molar-refractivity contribution is 0.0367. The third-order valence-electron chi connectivity index (χ3n) is 4.79. The maximum Gasteiger partial charge on any atom is 0.253 e. The zero-order valence-electron chi connectivity index (χ0n) is 16.2. The molecule has 1 aliphatic heterocycles. The van der Waals surface area contributed by atoms with Crippen molar-refractivity contribution in [3.8, 4) is 0 Å². The van der Waals surface area contributed by atoms with Crippen LogP contribution in [-0.4, -0.2) is 57.1 Å². The number of benzene rings is 1. The van der Waals surface area contributed by atoms with E-state index in [1.54, 1.807) is 20.0 Å². The van der Waals surface area contributed by atoms with Crippen LogP contribution in [0.3, 0.4) is 0 Å². The Balaban J connectivity index is 1.66. The second-order valence-electron chi connectivity index (χ2n) is 7.84. The maximum absolute atomic E-state index is 13.1. The smallest absolute Gasteiger partial charge is 0.253 e. The molecular formula is C21H29N3O3. The van der Waals surface area contributed by atoms with E-state index < -0.39 is 5.60 Å². The molecule has 0 aliphatic carbocycles. The molecule has 1 aromatic heterocycles. The van der Waals surface area contributed by atoms with Gasteiger partial charge in [-0.05, 0) is 56.9 Å². The van der Waals surface area contributed by atoms with Crippen molar-refractivity contribution in [3.63, 3.8) is 0 Å². The first-order valence-corrected chi connectivity index (χ1v) is 9.60. The molecule has 27 heavy (non-hydrogen) atoms. The summed E-state index contributed by atoms with van der Waals surface area (Å²) in [7, 11) is 0. The minimum Gasteiger partial charge on any atom is -0.390 e. The number of aromatic nitrogens is 2. The van der Waals surface area contributed by atoms with E-state index in [4.69, 9.17) is 4.74 Å². The van der Waals surface area contributed by atoms with Crippen molar-refractivity contribution in [2.75, 3.05) is 19.7 Å². The first kappa shape index (κ1) is 19.6. The van der Waals surface area contributed by atoms with Gasteiger partial charge in [-0.25, -0.2) is 0 Å². The Labute approximate surface area is 160 Å². The number of aliphatic hydroxyl groups is 1. The molecule has 6 heteroatoms. The summed E-state index contributed by atoms with van der Waals surface area (Å²) in [5, 5.41) is 14.2. The number of carbonyl (C=O) groups is 1. The molecule has 1 N–H and O–H groups in total. The Morgan fingerprint density at radius 2 is 2.22 bits per heavy atom. The molecule has 1 aromatic carbocycles. The summed E-state index contributed by atoms with van der Waals surface area (Å²) >= 11 is 0. The molecule has 3 rings (SSSR count). The van der Waals surface area contributed by atoms with Crippen LogP contribution in [-0.2, 0) is 17.7 Å². The van der Waals surface area contributed by atoms with E-state index in [2.05, 4.69) is 5.10 Å². The topological polar surface area (TPSA) is 67.6 Å². The van der Waals surface area contributed by atoms with Crippen LogP contribution < -0.4 is 0 Å². The Morgan fingerprint density at radius 1 is 1.37 bits per heavy atom. The van der Waals surface area contributed by atoms with Gasteiger partial charge in [-0.3, -0.25) is 9.48 Å². The number of aryl methyl sites for hydroxylation is 1. The number of hydrogen-bond donors (Lipinski definition) is 1. The normalized spacial score (nSPS) is 18.3. The third-order valence-corrected chi connectivity index (χ3v) is 4.79. The van der Waals surface area contributed by atoms with Crippen LogP contribution >= 0.6 is 0 Å². The van der Waals surface area contributed by atoms with Crippen molar-refractivity contribution < 1.29 is 14.6 Å². The van der Waals surface area contributed by atoms with Crippen molar-refractivity contribution in [2.24, 2.45) is 0 Å². The molecule has 1 atom stereocenters. The van der Waals surface area contributed by atoms with Gasteiger partial charge in [-0.15, -0.1) is 0 Å². The summed E-state index contributed by atoms with van der Waals surface area (Å²) in [6.45, 7) is 6.16. The highest BCUT2D eigenvalue weighted by Crippen LogP contribution is 2.17. The molecule has 0 saturated carbocycles. The summed E-state index contributed by atoms with van der Waals surface area (Å²) in [4.78, 5) is 14.9. The minimum absolute atomic E-state index is 0.0380. The van der Waals surface area contributed by atoms with Crippen molar-refractivity contribution in [1.29, 1.82) is 0 Å². The quantitative estimate of drug-likeness (QED) is 0.847. The summed E-state index contributed by atoms with van der Waals surface area (Å²) < 4.78 is 7.75. The predicted octanol–water partition coefficient (Wildman–Crippen LogP) is 2.52. The molecule has 6 nitrogen and oxygen atoms in total. The SMILES string of the molecule is CC(C)(O)CCc1cccc(C(=O)N2CCCO[C@H](Cn3cccn3)C2)c1. The molecule has 1 aliphatic rings. The number of amides is 1. The van der Waals surface area contributed by atoms with Gasteiger partial charge in [0.05, 0.1) is 18.2 Å². The average molecular weight is 371 g/mol. The van der Waals surface area contributed by atoms with E-state index >= 15 is 0 Å². The Hall–Kier alpha value is -2.18. The Kier molecular flexibility index (Phi) is 6.29. The summed E-state index contributed by atoms with van der Waals surface area (Å²) in [6.07, 6.45) is 5.84. The largest absolute Gasteiger partial charge is 0.390 e. The van der Waals surface area contributed by atoms with E-state index in [1.807, 2.05) is 46.1 Å². The Bertz CT molecular complexity index is 737. The second-order valence-corrected chi connectivity index (χ2v) is 7.84. The monoisotopic (exact) mass is 371 g/mol. The maximum atomic E-state index is 13.1. The number of carbonyl (C=O) groups excluding carboxylic acids is 1. The molecule has 2 heterocycles. The van der Waals surface area contributed by atoms with Crippen molar-refractivity contribution in [2.45, 2.75) is 51.4 Å². The Morgan fingerprint density at radius 3 is 2.96 bits per heavy atom. The van der Waals surface area contributed by atoms with Gasteiger partial charge in [-0.1, -0.05) is 12.1 Å². The van der Waals surface area contributed by atoms with Crippen molar-refractivity contribution in [1.82, 2.24) is 14.7 Å². The molecule has 1 saturated heterocycles. The fraction of sp³-hybridized carbons (Fsp3) is 0.524. The van der Waals surface area contributed by atoms with Gasteiger partial charge in [0, 0.05) is 37.7 Å². The fourth-order valence-corrected chi connectivity index (χ4v) is 3.30. The van der Waals surface area contributed by atoms with Crippen LogP contribution in [0.5, 0.6) is 0 Å². The molecule has 2 aromatic rings. The molecular weight excluding hydrogens is 342 g/mol. The number of nitrogens with zero attached hydrogens (tertiary/aromatic N) is 3. The van der Waals surface area contributed by atoms with E-state index in [0.717, 1.165) is 18.4 Å². The van der Waals surface area contributed by atoms with E-state index in [0.29, 0.717) is 38.2 Å². The molecule has 1 amide bonds. The molecule has 0 unspecified atom stereocenters. The molecule has 1 fully saturated rings. The standard InChI is InChI=1S/C21H29N3O3/c1-21(2,26)9-8-17-6-3-7-18(14-17)20(25)23-11-5-13-27-19(15-23)16-24-12-4-10-22-24/h3-4,6-7,10,12,14,19,26H,5,8-9,11,13,15-16H2,1-2H3/t19-/m0/s1. The lowest BCUT2D eigenvalue weighted by atomic mass is 9.97. The lowest BCUT2D eigenvalue weighted by Crippen LogP contribution is -2.38. The van der Waals surface area contributed by atoms with E-state index in [1.165, 1.54) is 0 Å². The van der Waals surface area contributed by atoms with Gasteiger partial charge in [0.15, 0.2) is 0 Å². The lowest BCUT2D eigenvalue weighted by Gasteiger charge is -2.24. The number of hydrogen-bond acceptors (Lipinski definition) is 4. The van der Waals surface area contributed by atoms with Gasteiger partial charge in [-0.2, -0.15) is 5.10 Å².